The Morgan fingerprint density at radius 3 is 2.38 bits per heavy atom. The summed E-state index contributed by atoms with van der Waals surface area (Å²) in [6.45, 7) is 5.09. The average Bonchev–Trinajstić information content (AvgIpc) is 2.73. The number of amides is 2. The van der Waals surface area contributed by atoms with E-state index >= 15 is 0 Å². The number of hydrogen-bond donors (Lipinski definition) is 1. The molecule has 2 amide bonds. The first-order valence-corrected chi connectivity index (χ1v) is 10.8. The van der Waals surface area contributed by atoms with Gasteiger partial charge in [0.25, 0.3) is 0 Å². The molecule has 29 heavy (non-hydrogen) atoms. The molecule has 2 aromatic carbocycles. The zero-order chi connectivity index (χ0) is 21.1. The molecular weight excluding hydrogens is 384 g/mol. The number of hydrogen-bond acceptors (Lipinski definition) is 2. The van der Waals surface area contributed by atoms with Gasteiger partial charge in [-0.1, -0.05) is 80.4 Å². The molecule has 0 radical (unpaired) electrons. The SMILES string of the molecule is CCCCNC(=O)[C@@H](CC)N(Cc1ccccc1)C(=O)CCc1ccccc1Cl. The summed E-state index contributed by atoms with van der Waals surface area (Å²) >= 11 is 6.24. The van der Waals surface area contributed by atoms with E-state index in [2.05, 4.69) is 12.2 Å². The van der Waals surface area contributed by atoms with Gasteiger partial charge in [0, 0.05) is 24.5 Å². The average molecular weight is 415 g/mol. The van der Waals surface area contributed by atoms with Crippen LogP contribution in [0, 0.1) is 0 Å². The van der Waals surface area contributed by atoms with Gasteiger partial charge in [-0.25, -0.2) is 0 Å². The highest BCUT2D eigenvalue weighted by molar-refractivity contribution is 6.31. The van der Waals surface area contributed by atoms with Crippen LogP contribution in [0.4, 0.5) is 0 Å². The van der Waals surface area contributed by atoms with Crippen molar-refractivity contribution in [3.05, 3.63) is 70.7 Å². The smallest absolute Gasteiger partial charge is 0.242 e. The minimum atomic E-state index is -0.481. The van der Waals surface area contributed by atoms with Crippen molar-refractivity contribution in [2.24, 2.45) is 0 Å². The van der Waals surface area contributed by atoms with Gasteiger partial charge >= 0.3 is 0 Å². The quantitative estimate of drug-likeness (QED) is 0.526. The Kier molecular flexibility index (Phi) is 9.72. The third-order valence-corrected chi connectivity index (χ3v) is 5.35. The van der Waals surface area contributed by atoms with E-state index in [9.17, 15) is 9.59 Å². The van der Waals surface area contributed by atoms with Crippen LogP contribution in [0.2, 0.25) is 5.02 Å². The largest absolute Gasteiger partial charge is 0.354 e. The van der Waals surface area contributed by atoms with E-state index in [-0.39, 0.29) is 11.8 Å². The Morgan fingerprint density at radius 1 is 1.03 bits per heavy atom. The van der Waals surface area contributed by atoms with Crippen molar-refractivity contribution in [2.75, 3.05) is 6.54 Å². The molecule has 0 spiro atoms. The van der Waals surface area contributed by atoms with Crippen LogP contribution in [-0.4, -0.2) is 29.3 Å². The fourth-order valence-corrected chi connectivity index (χ4v) is 3.52. The number of benzene rings is 2. The van der Waals surface area contributed by atoms with E-state index in [1.807, 2.05) is 61.5 Å². The summed E-state index contributed by atoms with van der Waals surface area (Å²) in [7, 11) is 0. The first-order chi connectivity index (χ1) is 14.1. The molecule has 0 saturated carbocycles. The van der Waals surface area contributed by atoms with Gasteiger partial charge in [0.15, 0.2) is 0 Å². The van der Waals surface area contributed by atoms with Gasteiger partial charge < -0.3 is 10.2 Å². The number of halogens is 1. The summed E-state index contributed by atoms with van der Waals surface area (Å²) in [6.07, 6.45) is 3.39. The second-order valence-electron chi connectivity index (χ2n) is 7.17. The standard InChI is InChI=1S/C24H31ClN2O2/c1-3-5-17-26-24(29)22(4-2)27(18-19-11-7-6-8-12-19)23(28)16-15-20-13-9-10-14-21(20)25/h6-14,22H,3-5,15-18H2,1-2H3,(H,26,29)/t22-/m1/s1. The molecule has 0 saturated heterocycles. The van der Waals surface area contributed by atoms with E-state index in [1.165, 1.54) is 0 Å². The molecule has 2 aromatic rings. The van der Waals surface area contributed by atoms with Crippen LogP contribution >= 0.6 is 11.6 Å². The molecule has 1 atom stereocenters. The molecule has 0 aliphatic heterocycles. The topological polar surface area (TPSA) is 49.4 Å². The summed E-state index contributed by atoms with van der Waals surface area (Å²) < 4.78 is 0. The third kappa shape index (κ3) is 7.21. The van der Waals surface area contributed by atoms with Crippen LogP contribution in [-0.2, 0) is 22.6 Å². The van der Waals surface area contributed by atoms with Crippen molar-refractivity contribution < 1.29 is 9.59 Å². The molecule has 0 aliphatic rings. The lowest BCUT2D eigenvalue weighted by Gasteiger charge is -2.31. The van der Waals surface area contributed by atoms with Crippen molar-refractivity contribution in [2.45, 2.75) is 58.5 Å². The lowest BCUT2D eigenvalue weighted by molar-refractivity contribution is -0.141. The maximum Gasteiger partial charge on any atom is 0.242 e. The number of carbonyl (C=O) groups is 2. The van der Waals surface area contributed by atoms with Gasteiger partial charge in [-0.2, -0.15) is 0 Å². The minimum absolute atomic E-state index is 0.0359. The zero-order valence-corrected chi connectivity index (χ0v) is 18.1. The number of unbranched alkanes of at least 4 members (excludes halogenated alkanes) is 1. The normalized spacial score (nSPS) is 11.7. The predicted molar refractivity (Wildman–Crippen MR) is 119 cm³/mol. The molecule has 2 rings (SSSR count). The molecule has 1 N–H and O–H groups in total. The van der Waals surface area contributed by atoms with E-state index in [0.29, 0.717) is 37.4 Å². The molecule has 0 fully saturated rings. The number of aryl methyl sites for hydroxylation is 1. The monoisotopic (exact) mass is 414 g/mol. The van der Waals surface area contributed by atoms with Crippen LogP contribution in [0.25, 0.3) is 0 Å². The Labute approximate surface area is 179 Å². The first-order valence-electron chi connectivity index (χ1n) is 10.4. The predicted octanol–water partition coefficient (Wildman–Crippen LogP) is 5.00. The summed E-state index contributed by atoms with van der Waals surface area (Å²) in [5.74, 6) is -0.116. The molecule has 0 aliphatic carbocycles. The molecule has 156 valence electrons. The van der Waals surface area contributed by atoms with Crippen LogP contribution in [0.5, 0.6) is 0 Å². The van der Waals surface area contributed by atoms with Gasteiger partial charge in [-0.3, -0.25) is 9.59 Å². The zero-order valence-electron chi connectivity index (χ0n) is 17.4. The van der Waals surface area contributed by atoms with Crippen LogP contribution in [0.15, 0.2) is 54.6 Å². The van der Waals surface area contributed by atoms with Crippen molar-refractivity contribution >= 4 is 23.4 Å². The molecular formula is C24H31ClN2O2. The van der Waals surface area contributed by atoms with Crippen molar-refractivity contribution in [1.29, 1.82) is 0 Å². The van der Waals surface area contributed by atoms with E-state index < -0.39 is 6.04 Å². The van der Waals surface area contributed by atoms with Crippen molar-refractivity contribution in [1.82, 2.24) is 10.2 Å². The van der Waals surface area contributed by atoms with Gasteiger partial charge in [-0.05, 0) is 36.5 Å². The molecule has 0 aromatic heterocycles. The number of nitrogens with zero attached hydrogens (tertiary/aromatic N) is 1. The summed E-state index contributed by atoms with van der Waals surface area (Å²) in [4.78, 5) is 27.7. The summed E-state index contributed by atoms with van der Waals surface area (Å²) in [5, 5.41) is 3.65. The highest BCUT2D eigenvalue weighted by Crippen LogP contribution is 2.19. The Balaban J connectivity index is 2.15. The van der Waals surface area contributed by atoms with Crippen molar-refractivity contribution in [3.8, 4) is 0 Å². The molecule has 5 heteroatoms. The maximum atomic E-state index is 13.2. The molecule has 0 bridgehead atoms. The van der Waals surface area contributed by atoms with E-state index in [4.69, 9.17) is 11.6 Å². The van der Waals surface area contributed by atoms with Crippen molar-refractivity contribution in [3.63, 3.8) is 0 Å². The second kappa shape index (κ2) is 12.3. The Morgan fingerprint density at radius 2 is 1.72 bits per heavy atom. The van der Waals surface area contributed by atoms with Crippen LogP contribution < -0.4 is 5.32 Å². The minimum Gasteiger partial charge on any atom is -0.354 e. The fourth-order valence-electron chi connectivity index (χ4n) is 3.29. The Hall–Kier alpha value is -2.33. The lowest BCUT2D eigenvalue weighted by Crippen LogP contribution is -2.49. The molecule has 4 nitrogen and oxygen atoms in total. The van der Waals surface area contributed by atoms with Gasteiger partial charge in [-0.15, -0.1) is 0 Å². The van der Waals surface area contributed by atoms with Gasteiger partial charge in [0.2, 0.25) is 11.8 Å². The van der Waals surface area contributed by atoms with Crippen LogP contribution in [0.3, 0.4) is 0 Å². The maximum absolute atomic E-state index is 13.2. The van der Waals surface area contributed by atoms with Gasteiger partial charge in [0.05, 0.1) is 0 Å². The highest BCUT2D eigenvalue weighted by Gasteiger charge is 2.28. The second-order valence-corrected chi connectivity index (χ2v) is 7.57. The molecule has 0 unspecified atom stereocenters. The molecule has 0 heterocycles. The highest BCUT2D eigenvalue weighted by atomic mass is 35.5. The van der Waals surface area contributed by atoms with Crippen LogP contribution in [0.1, 0.15) is 50.7 Å². The first kappa shape index (κ1) is 23.0. The Bertz CT molecular complexity index is 779. The number of rotatable bonds is 11. The third-order valence-electron chi connectivity index (χ3n) is 4.98. The summed E-state index contributed by atoms with van der Waals surface area (Å²) in [5.41, 5.74) is 1.96. The van der Waals surface area contributed by atoms with Gasteiger partial charge in [0.1, 0.15) is 6.04 Å². The van der Waals surface area contributed by atoms with E-state index in [1.54, 1.807) is 4.90 Å². The number of carbonyl (C=O) groups excluding carboxylic acids is 2. The number of nitrogens with one attached hydrogen (secondary N) is 1. The summed E-state index contributed by atoms with van der Waals surface area (Å²) in [6, 6.07) is 16.9. The fraction of sp³-hybridized carbons (Fsp3) is 0.417. The van der Waals surface area contributed by atoms with E-state index in [0.717, 1.165) is 24.0 Å². The lowest BCUT2D eigenvalue weighted by atomic mass is 10.1.